The number of rotatable bonds is 4. The highest BCUT2D eigenvalue weighted by molar-refractivity contribution is 9.10. The highest BCUT2D eigenvalue weighted by atomic mass is 79.9. The molecule has 2 N–H and O–H groups in total. The van der Waals surface area contributed by atoms with Crippen LogP contribution in [0.5, 0.6) is 5.75 Å². The maximum Gasteiger partial charge on any atom is 0.466 e. The SMILES string of the molecule is CC1(C)OB(C(CC(=O)O)c2cccc(O)c2Br)OC1(C)C. The number of hydrogen-bond acceptors (Lipinski definition) is 4. The van der Waals surface area contributed by atoms with Gasteiger partial charge in [0.15, 0.2) is 0 Å². The van der Waals surface area contributed by atoms with Gasteiger partial charge >= 0.3 is 13.1 Å². The molecule has 7 heteroatoms. The van der Waals surface area contributed by atoms with Crippen molar-refractivity contribution in [3.05, 3.63) is 28.2 Å². The molecule has 120 valence electrons. The Morgan fingerprint density at radius 1 is 1.27 bits per heavy atom. The molecule has 2 rings (SSSR count). The lowest BCUT2D eigenvalue weighted by atomic mass is 9.66. The zero-order valence-corrected chi connectivity index (χ0v) is 14.7. The lowest BCUT2D eigenvalue weighted by Gasteiger charge is -2.32. The van der Waals surface area contributed by atoms with Gasteiger partial charge in [0, 0.05) is 5.82 Å². The Labute approximate surface area is 138 Å². The summed E-state index contributed by atoms with van der Waals surface area (Å²) in [6.07, 6.45) is -0.154. The monoisotopic (exact) mass is 370 g/mol. The fraction of sp³-hybridized carbons (Fsp3) is 0.533. The number of benzene rings is 1. The third-order valence-electron chi connectivity index (χ3n) is 4.40. The maximum absolute atomic E-state index is 11.3. The second kappa shape index (κ2) is 5.87. The van der Waals surface area contributed by atoms with Gasteiger partial charge in [0.25, 0.3) is 0 Å². The predicted octanol–water partition coefficient (Wildman–Crippen LogP) is 3.34. The fourth-order valence-electron chi connectivity index (χ4n) is 2.42. The molecule has 1 atom stereocenters. The normalized spacial score (nSPS) is 20.9. The van der Waals surface area contributed by atoms with Gasteiger partial charge in [-0.3, -0.25) is 4.79 Å². The molecule has 0 amide bonds. The summed E-state index contributed by atoms with van der Waals surface area (Å²) >= 11 is 3.32. The predicted molar refractivity (Wildman–Crippen MR) is 86.9 cm³/mol. The van der Waals surface area contributed by atoms with Crippen molar-refractivity contribution in [1.82, 2.24) is 0 Å². The van der Waals surface area contributed by atoms with Crippen LogP contribution in [-0.2, 0) is 14.1 Å². The van der Waals surface area contributed by atoms with Crippen LogP contribution < -0.4 is 0 Å². The maximum atomic E-state index is 11.3. The second-order valence-electron chi connectivity index (χ2n) is 6.51. The van der Waals surface area contributed by atoms with Crippen molar-refractivity contribution in [3.63, 3.8) is 0 Å². The first-order chi connectivity index (χ1) is 10.0. The standard InChI is InChI=1S/C15H20BBrO5/c1-14(2)15(3,4)22-16(21-14)10(8-12(19)20)9-6-5-7-11(18)13(9)17/h5-7,10,18H,8H2,1-4H3,(H,19,20). The van der Waals surface area contributed by atoms with Crippen molar-refractivity contribution in [2.45, 2.75) is 51.1 Å². The largest absolute Gasteiger partial charge is 0.507 e. The lowest BCUT2D eigenvalue weighted by molar-refractivity contribution is -0.137. The highest BCUT2D eigenvalue weighted by Gasteiger charge is 2.54. The Bertz CT molecular complexity index is 571. The van der Waals surface area contributed by atoms with Crippen molar-refractivity contribution in [2.75, 3.05) is 0 Å². The van der Waals surface area contributed by atoms with Crippen LogP contribution in [0.25, 0.3) is 0 Å². The quantitative estimate of drug-likeness (QED) is 0.795. The van der Waals surface area contributed by atoms with E-state index >= 15 is 0 Å². The van der Waals surface area contributed by atoms with E-state index in [0.717, 1.165) is 0 Å². The highest BCUT2D eigenvalue weighted by Crippen LogP contribution is 2.44. The van der Waals surface area contributed by atoms with Gasteiger partial charge in [0.05, 0.1) is 22.1 Å². The average molecular weight is 371 g/mol. The van der Waals surface area contributed by atoms with Gasteiger partial charge in [-0.1, -0.05) is 12.1 Å². The van der Waals surface area contributed by atoms with Crippen LogP contribution in [0.15, 0.2) is 22.7 Å². The van der Waals surface area contributed by atoms with Crippen LogP contribution >= 0.6 is 15.9 Å². The third-order valence-corrected chi connectivity index (χ3v) is 5.27. The topological polar surface area (TPSA) is 76.0 Å². The summed E-state index contributed by atoms with van der Waals surface area (Å²) < 4.78 is 12.4. The van der Waals surface area contributed by atoms with Crippen LogP contribution in [0.4, 0.5) is 0 Å². The summed E-state index contributed by atoms with van der Waals surface area (Å²) in [5.41, 5.74) is -0.434. The minimum absolute atomic E-state index is 0.0596. The molecule has 0 aliphatic carbocycles. The molecule has 1 aromatic carbocycles. The molecule has 0 spiro atoms. The van der Waals surface area contributed by atoms with E-state index < -0.39 is 30.1 Å². The lowest BCUT2D eigenvalue weighted by Crippen LogP contribution is -2.41. The van der Waals surface area contributed by atoms with E-state index in [1.54, 1.807) is 12.1 Å². The van der Waals surface area contributed by atoms with Gasteiger partial charge in [-0.05, 0) is 55.3 Å². The summed E-state index contributed by atoms with van der Waals surface area (Å²) in [6.45, 7) is 7.68. The van der Waals surface area contributed by atoms with E-state index in [1.165, 1.54) is 6.07 Å². The molecule has 5 nitrogen and oxygen atoms in total. The van der Waals surface area contributed by atoms with Gasteiger partial charge in [-0.2, -0.15) is 0 Å². The first-order valence-corrected chi connectivity index (χ1v) is 7.89. The fourth-order valence-corrected chi connectivity index (χ4v) is 2.98. The molecule has 1 aliphatic heterocycles. The molecular weight excluding hydrogens is 351 g/mol. The van der Waals surface area contributed by atoms with Gasteiger partial charge in [-0.15, -0.1) is 0 Å². The molecular formula is C15H20BBrO5. The average Bonchev–Trinajstić information content (AvgIpc) is 2.59. The second-order valence-corrected chi connectivity index (χ2v) is 7.30. The molecule has 1 unspecified atom stereocenters. The van der Waals surface area contributed by atoms with Crippen molar-refractivity contribution in [2.24, 2.45) is 0 Å². The number of carboxylic acid groups (broad SMARTS) is 1. The number of halogens is 1. The third kappa shape index (κ3) is 3.16. The van der Waals surface area contributed by atoms with Gasteiger partial charge in [0.2, 0.25) is 0 Å². The number of carboxylic acids is 1. The minimum Gasteiger partial charge on any atom is -0.507 e. The Balaban J connectivity index is 2.40. The number of carbonyl (C=O) groups is 1. The zero-order chi connectivity index (χ0) is 16.7. The molecule has 1 heterocycles. The minimum atomic E-state index is -0.949. The van der Waals surface area contributed by atoms with E-state index in [-0.39, 0.29) is 12.2 Å². The molecule has 22 heavy (non-hydrogen) atoms. The van der Waals surface area contributed by atoms with E-state index in [4.69, 9.17) is 9.31 Å². The first-order valence-electron chi connectivity index (χ1n) is 7.10. The summed E-state index contributed by atoms with van der Waals surface area (Å²) in [5.74, 6) is -1.42. The van der Waals surface area contributed by atoms with Crippen LogP contribution in [0, 0.1) is 0 Å². The molecule has 0 bridgehead atoms. The molecule has 1 aliphatic rings. The Hall–Kier alpha value is -1.05. The van der Waals surface area contributed by atoms with Crippen LogP contribution in [0.1, 0.15) is 45.5 Å². The summed E-state index contributed by atoms with van der Waals surface area (Å²) in [4.78, 5) is 11.3. The molecule has 0 aromatic heterocycles. The molecule has 1 aromatic rings. The van der Waals surface area contributed by atoms with Crippen molar-refractivity contribution < 1.29 is 24.3 Å². The van der Waals surface area contributed by atoms with Crippen molar-refractivity contribution >= 4 is 29.0 Å². The van der Waals surface area contributed by atoms with E-state index in [9.17, 15) is 15.0 Å². The van der Waals surface area contributed by atoms with Crippen LogP contribution in [-0.4, -0.2) is 34.5 Å². The zero-order valence-electron chi connectivity index (χ0n) is 13.1. The van der Waals surface area contributed by atoms with E-state index in [2.05, 4.69) is 15.9 Å². The summed E-state index contributed by atoms with van der Waals surface area (Å²) in [7, 11) is -0.695. The van der Waals surface area contributed by atoms with Crippen LogP contribution in [0.3, 0.4) is 0 Å². The Morgan fingerprint density at radius 2 is 1.82 bits per heavy atom. The molecule has 1 fully saturated rings. The number of aliphatic carboxylic acids is 1. The number of phenols is 1. The van der Waals surface area contributed by atoms with E-state index in [1.807, 2.05) is 27.7 Å². The summed E-state index contributed by atoms with van der Waals surface area (Å²) in [6, 6.07) is 4.98. The molecule has 0 radical (unpaired) electrons. The number of hydrogen-bond donors (Lipinski definition) is 2. The van der Waals surface area contributed by atoms with Gasteiger partial charge < -0.3 is 19.5 Å². The Kier molecular flexibility index (Phi) is 4.62. The van der Waals surface area contributed by atoms with Crippen LogP contribution in [0.2, 0.25) is 0 Å². The molecule has 0 saturated carbocycles. The van der Waals surface area contributed by atoms with Gasteiger partial charge in [0.1, 0.15) is 5.75 Å². The first kappa shape index (κ1) is 17.3. The van der Waals surface area contributed by atoms with Gasteiger partial charge in [-0.25, -0.2) is 0 Å². The van der Waals surface area contributed by atoms with Crippen molar-refractivity contribution in [1.29, 1.82) is 0 Å². The number of aromatic hydroxyl groups is 1. The molecule has 1 saturated heterocycles. The Morgan fingerprint density at radius 3 is 2.32 bits per heavy atom. The van der Waals surface area contributed by atoms with Crippen molar-refractivity contribution in [3.8, 4) is 5.75 Å². The number of phenolic OH excluding ortho intramolecular Hbond substituents is 1. The summed E-state index contributed by atoms with van der Waals surface area (Å²) in [5, 5.41) is 19.1. The smallest absolute Gasteiger partial charge is 0.466 e. The van der Waals surface area contributed by atoms with E-state index in [0.29, 0.717) is 10.0 Å².